The van der Waals surface area contributed by atoms with Crippen LogP contribution in [-0.4, -0.2) is 44.4 Å². The molecule has 0 aromatic heterocycles. The number of nitrogens with zero attached hydrogens (tertiary/aromatic N) is 4. The second-order valence-corrected chi connectivity index (χ2v) is 4.65. The van der Waals surface area contributed by atoms with Gasteiger partial charge in [-0.15, -0.1) is 10.5 Å². The Bertz CT molecular complexity index is 492. The summed E-state index contributed by atoms with van der Waals surface area (Å²) in [5.41, 5.74) is 5.49. The van der Waals surface area contributed by atoms with Gasteiger partial charge in [0.2, 0.25) is 0 Å². The van der Waals surface area contributed by atoms with Crippen LogP contribution in [0.1, 0.15) is 5.56 Å². The van der Waals surface area contributed by atoms with Crippen LogP contribution >= 0.6 is 0 Å². The van der Waals surface area contributed by atoms with Crippen LogP contribution in [0, 0.1) is 0 Å². The van der Waals surface area contributed by atoms with Crippen molar-refractivity contribution < 1.29 is 9.47 Å². The van der Waals surface area contributed by atoms with Gasteiger partial charge in [-0.1, -0.05) is 0 Å². The van der Waals surface area contributed by atoms with Crippen LogP contribution in [0.15, 0.2) is 40.8 Å². The predicted octanol–water partition coefficient (Wildman–Crippen LogP) is 1.68. The topological polar surface area (TPSA) is 60.5 Å². The molecular formula is C14H17N4O2. The van der Waals surface area contributed by atoms with Gasteiger partial charge < -0.3 is 9.47 Å². The highest BCUT2D eigenvalue weighted by Gasteiger charge is 2.10. The summed E-state index contributed by atoms with van der Waals surface area (Å²) >= 11 is 0. The third-order valence-corrected chi connectivity index (χ3v) is 3.31. The van der Waals surface area contributed by atoms with Crippen molar-refractivity contribution in [3.8, 4) is 5.75 Å². The van der Waals surface area contributed by atoms with Crippen molar-refractivity contribution in [3.05, 3.63) is 36.0 Å². The molecule has 1 saturated heterocycles. The minimum atomic E-state index is 0.692. The zero-order valence-electron chi connectivity index (χ0n) is 11.2. The van der Waals surface area contributed by atoms with Gasteiger partial charge in [0.25, 0.3) is 0 Å². The molecule has 0 aliphatic carbocycles. The van der Waals surface area contributed by atoms with E-state index in [1.807, 2.05) is 24.3 Å². The fourth-order valence-electron chi connectivity index (χ4n) is 2.15. The molecule has 0 saturated carbocycles. The fraction of sp³-hybridized carbons (Fsp3) is 0.429. The normalized spacial score (nSPS) is 18.7. The van der Waals surface area contributed by atoms with Crippen LogP contribution in [0.2, 0.25) is 0 Å². The lowest BCUT2D eigenvalue weighted by Crippen LogP contribution is -2.38. The van der Waals surface area contributed by atoms with Crippen molar-refractivity contribution in [3.63, 3.8) is 0 Å². The van der Waals surface area contributed by atoms with Gasteiger partial charge in [-0.2, -0.15) is 0 Å². The van der Waals surface area contributed by atoms with Gasteiger partial charge in [0.1, 0.15) is 18.1 Å². The summed E-state index contributed by atoms with van der Waals surface area (Å²) in [6.07, 6.45) is 1.65. The van der Waals surface area contributed by atoms with Gasteiger partial charge in [-0.25, -0.2) is 0 Å². The Hall–Kier alpha value is -1.92. The highest BCUT2D eigenvalue weighted by molar-refractivity contribution is 5.65. The number of rotatable bonds is 5. The van der Waals surface area contributed by atoms with Crippen LogP contribution in [0.5, 0.6) is 5.75 Å². The molecular weight excluding hydrogens is 256 g/mol. The Morgan fingerprint density at radius 1 is 1.15 bits per heavy atom. The lowest BCUT2D eigenvalue weighted by molar-refractivity contribution is 0.0322. The van der Waals surface area contributed by atoms with E-state index in [9.17, 15) is 0 Å². The molecule has 6 heteroatoms. The van der Waals surface area contributed by atoms with Crippen molar-refractivity contribution in [1.82, 2.24) is 10.3 Å². The van der Waals surface area contributed by atoms with Gasteiger partial charge in [0, 0.05) is 25.2 Å². The van der Waals surface area contributed by atoms with E-state index >= 15 is 0 Å². The average molecular weight is 273 g/mol. The van der Waals surface area contributed by atoms with E-state index in [0.717, 1.165) is 49.9 Å². The minimum absolute atomic E-state index is 0.692. The molecule has 105 valence electrons. The maximum Gasteiger partial charge on any atom is 0.119 e. The molecule has 0 spiro atoms. The molecule has 20 heavy (non-hydrogen) atoms. The number of hydrogen-bond donors (Lipinski definition) is 0. The first-order chi connectivity index (χ1) is 9.92. The number of hydrogen-bond acceptors (Lipinski definition) is 5. The highest BCUT2D eigenvalue weighted by Crippen LogP contribution is 2.21. The van der Waals surface area contributed by atoms with Crippen molar-refractivity contribution in [2.75, 3.05) is 39.5 Å². The van der Waals surface area contributed by atoms with Crippen LogP contribution in [0.3, 0.4) is 0 Å². The molecule has 2 aliphatic rings. The quantitative estimate of drug-likeness (QED) is 0.820. The first-order valence-corrected chi connectivity index (χ1v) is 6.76. The standard InChI is InChI=1S/C14H17N4O2/c1-3-13(4-2-12(1)14-11-15-17-16-14)20-10-7-18-5-8-19-9-6-18/h1-4,11H,5-10H2. The van der Waals surface area contributed by atoms with Crippen LogP contribution in [-0.2, 0) is 4.74 Å². The molecule has 1 aromatic carbocycles. The summed E-state index contributed by atoms with van der Waals surface area (Å²) in [5.74, 6) is 0.870. The zero-order valence-corrected chi connectivity index (χ0v) is 11.2. The maximum atomic E-state index is 5.75. The summed E-state index contributed by atoms with van der Waals surface area (Å²) in [4.78, 5) is 2.35. The second-order valence-electron chi connectivity index (χ2n) is 4.65. The molecule has 3 rings (SSSR count). The Morgan fingerprint density at radius 3 is 2.65 bits per heavy atom. The minimum Gasteiger partial charge on any atom is -0.492 e. The molecule has 0 unspecified atom stereocenters. The van der Waals surface area contributed by atoms with Gasteiger partial charge in [0.15, 0.2) is 0 Å². The number of benzene rings is 1. The first kappa shape index (κ1) is 13.1. The van der Waals surface area contributed by atoms with Crippen LogP contribution in [0.4, 0.5) is 0 Å². The molecule has 1 fully saturated rings. The summed E-state index contributed by atoms with van der Waals surface area (Å²) in [5, 5.41) is 7.49. The van der Waals surface area contributed by atoms with Gasteiger partial charge in [0.05, 0.1) is 19.4 Å². The first-order valence-electron chi connectivity index (χ1n) is 6.76. The molecule has 6 nitrogen and oxygen atoms in total. The lowest BCUT2D eigenvalue weighted by atomic mass is 10.2. The number of ether oxygens (including phenoxy) is 2. The van der Waals surface area contributed by atoms with Crippen LogP contribution < -0.4 is 10.2 Å². The molecule has 0 N–H and O–H groups in total. The second kappa shape index (κ2) is 6.49. The van der Waals surface area contributed by atoms with Crippen molar-refractivity contribution in [2.24, 2.45) is 10.3 Å². The fourth-order valence-corrected chi connectivity index (χ4v) is 2.15. The largest absolute Gasteiger partial charge is 0.492 e. The van der Waals surface area contributed by atoms with Gasteiger partial charge in [-0.05, 0) is 29.5 Å². The van der Waals surface area contributed by atoms with Crippen molar-refractivity contribution >= 4 is 5.70 Å². The molecule has 1 aromatic rings. The molecule has 0 amide bonds. The Kier molecular flexibility index (Phi) is 4.25. The van der Waals surface area contributed by atoms with E-state index < -0.39 is 0 Å². The molecule has 0 bridgehead atoms. The van der Waals surface area contributed by atoms with E-state index in [1.54, 1.807) is 6.20 Å². The summed E-state index contributed by atoms with van der Waals surface area (Å²) in [6.45, 7) is 5.25. The maximum absolute atomic E-state index is 5.75. The van der Waals surface area contributed by atoms with E-state index in [2.05, 4.69) is 20.7 Å². The zero-order chi connectivity index (χ0) is 13.6. The SMILES string of the molecule is C1=C(c2ccc(OCCN3CCOCC3)cc2)N=N[N]1. The summed E-state index contributed by atoms with van der Waals surface area (Å²) in [7, 11) is 0. The van der Waals surface area contributed by atoms with Gasteiger partial charge >= 0.3 is 0 Å². The Morgan fingerprint density at radius 2 is 1.95 bits per heavy atom. The van der Waals surface area contributed by atoms with E-state index in [0.29, 0.717) is 6.61 Å². The Labute approximate surface area is 118 Å². The van der Waals surface area contributed by atoms with E-state index in [4.69, 9.17) is 9.47 Å². The summed E-state index contributed by atoms with van der Waals surface area (Å²) < 4.78 is 11.1. The van der Waals surface area contributed by atoms with Crippen molar-refractivity contribution in [1.29, 1.82) is 0 Å². The predicted molar refractivity (Wildman–Crippen MR) is 74.2 cm³/mol. The van der Waals surface area contributed by atoms with Crippen LogP contribution in [0.25, 0.3) is 5.70 Å². The Balaban J connectivity index is 1.47. The third-order valence-electron chi connectivity index (χ3n) is 3.31. The molecule has 2 aliphatic heterocycles. The molecule has 2 heterocycles. The van der Waals surface area contributed by atoms with E-state index in [1.165, 1.54) is 0 Å². The monoisotopic (exact) mass is 273 g/mol. The van der Waals surface area contributed by atoms with E-state index in [-0.39, 0.29) is 0 Å². The smallest absolute Gasteiger partial charge is 0.119 e. The average Bonchev–Trinajstić information content (AvgIpc) is 3.03. The third kappa shape index (κ3) is 3.34. The molecule has 0 atom stereocenters. The molecule has 1 radical (unpaired) electrons. The van der Waals surface area contributed by atoms with Crippen molar-refractivity contribution in [2.45, 2.75) is 0 Å². The summed E-state index contributed by atoms with van der Waals surface area (Å²) in [6, 6.07) is 7.83. The highest BCUT2D eigenvalue weighted by atomic mass is 16.5. The lowest BCUT2D eigenvalue weighted by Gasteiger charge is -2.26. The van der Waals surface area contributed by atoms with Gasteiger partial charge in [-0.3, -0.25) is 4.90 Å². The number of morpholine rings is 1.